The van der Waals surface area contributed by atoms with Crippen LogP contribution in [0.4, 0.5) is 5.82 Å². The fourth-order valence-electron chi connectivity index (χ4n) is 6.08. The van der Waals surface area contributed by atoms with Crippen molar-refractivity contribution in [2.75, 3.05) is 26.1 Å². The molecule has 2 aromatic heterocycles. The first-order chi connectivity index (χ1) is 23.5. The molecule has 0 unspecified atom stereocenters. The van der Waals surface area contributed by atoms with Crippen molar-refractivity contribution in [3.05, 3.63) is 144 Å². The number of nitrogens with zero attached hydrogens (tertiary/aromatic N) is 4. The summed E-state index contributed by atoms with van der Waals surface area (Å²) in [6, 6.07) is 34.1. The minimum atomic E-state index is -1.15. The zero-order chi connectivity index (χ0) is 33.1. The number of amides is 1. The Morgan fingerprint density at radius 3 is 2.00 bits per heavy atom. The van der Waals surface area contributed by atoms with E-state index in [0.717, 1.165) is 16.7 Å². The molecular weight excluding hydrogens is 610 g/mol. The predicted octanol–water partition coefficient (Wildman–Crippen LogP) is 5.36. The average Bonchev–Trinajstić information content (AvgIpc) is 3.74. The molecule has 4 aromatic carbocycles. The Morgan fingerprint density at radius 2 is 1.40 bits per heavy atom. The minimum Gasteiger partial charge on any atom is -0.497 e. The summed E-state index contributed by atoms with van der Waals surface area (Å²) in [5.41, 5.74) is 2.58. The molecule has 0 bridgehead atoms. The molecule has 11 heteroatoms. The number of ether oxygens (including phenoxy) is 4. The van der Waals surface area contributed by atoms with Crippen molar-refractivity contribution >= 4 is 22.9 Å². The maximum atomic E-state index is 12.9. The second-order valence-corrected chi connectivity index (χ2v) is 11.2. The number of aliphatic hydroxyl groups is 1. The average molecular weight is 644 g/mol. The number of rotatable bonds is 10. The van der Waals surface area contributed by atoms with Crippen molar-refractivity contribution < 1.29 is 28.8 Å². The smallest absolute Gasteiger partial charge is 0.256 e. The van der Waals surface area contributed by atoms with Crippen LogP contribution in [0.15, 0.2) is 122 Å². The van der Waals surface area contributed by atoms with E-state index in [9.17, 15) is 9.90 Å². The zero-order valence-electron chi connectivity index (χ0n) is 26.3. The van der Waals surface area contributed by atoms with Crippen LogP contribution in [0.1, 0.15) is 33.3 Å². The van der Waals surface area contributed by atoms with E-state index >= 15 is 0 Å². The van der Waals surface area contributed by atoms with Gasteiger partial charge in [0.1, 0.15) is 35.6 Å². The lowest BCUT2D eigenvalue weighted by molar-refractivity contribution is -0.0899. The number of aliphatic hydroxyl groups excluding tert-OH is 1. The first kappa shape index (κ1) is 31.0. The molecule has 2 N–H and O–H groups in total. The van der Waals surface area contributed by atoms with Gasteiger partial charge >= 0.3 is 0 Å². The van der Waals surface area contributed by atoms with Gasteiger partial charge in [-0.2, -0.15) is 0 Å². The van der Waals surface area contributed by atoms with Crippen molar-refractivity contribution in [2.24, 2.45) is 0 Å². The standard InChI is InChI=1S/C37H33N5O6/c1-45-28-17-13-26(14-18-28)37(25-11-7-4-8-12-25,27-15-19-29(46-2)20-16-27)48-30-21-47-36(32(30)43)42-23-40-31-33(38-22-39-34(31)42)41-35(44)24-9-5-3-6-10-24/h3-20,22-23,30,32,36,43H,21H2,1-2H3,(H,38,39,41,44)/t30-,32+,36+/m0/s1. The van der Waals surface area contributed by atoms with Gasteiger partial charge in [0, 0.05) is 5.56 Å². The molecule has 11 nitrogen and oxygen atoms in total. The number of carbonyl (C=O) groups is 1. The quantitative estimate of drug-likeness (QED) is 0.190. The normalized spacial score (nSPS) is 17.7. The van der Waals surface area contributed by atoms with Gasteiger partial charge in [-0.15, -0.1) is 0 Å². The third-order valence-electron chi connectivity index (χ3n) is 8.51. The van der Waals surface area contributed by atoms with Gasteiger partial charge in [-0.05, 0) is 53.1 Å². The van der Waals surface area contributed by atoms with E-state index in [-0.39, 0.29) is 18.3 Å². The molecule has 1 aliphatic rings. The summed E-state index contributed by atoms with van der Waals surface area (Å²) in [4.78, 5) is 26.0. The van der Waals surface area contributed by atoms with Gasteiger partial charge in [0.2, 0.25) is 0 Å². The molecule has 1 amide bonds. The number of nitrogens with one attached hydrogen (secondary N) is 1. The summed E-state index contributed by atoms with van der Waals surface area (Å²) >= 11 is 0. The van der Waals surface area contributed by atoms with Crippen LogP contribution in [-0.4, -0.2) is 63.6 Å². The van der Waals surface area contributed by atoms with Crippen LogP contribution in [0.3, 0.4) is 0 Å². The van der Waals surface area contributed by atoms with Gasteiger partial charge in [-0.3, -0.25) is 9.36 Å². The number of carbonyl (C=O) groups excluding carboxylic acids is 1. The lowest BCUT2D eigenvalue weighted by Crippen LogP contribution is -2.41. The topological polar surface area (TPSA) is 130 Å². The summed E-state index contributed by atoms with van der Waals surface area (Å²) in [7, 11) is 3.24. The van der Waals surface area contributed by atoms with Gasteiger partial charge in [-0.1, -0.05) is 72.8 Å². The van der Waals surface area contributed by atoms with Crippen LogP contribution in [-0.2, 0) is 15.1 Å². The third-order valence-corrected chi connectivity index (χ3v) is 8.51. The number of hydrogen-bond acceptors (Lipinski definition) is 9. The molecule has 0 saturated carbocycles. The fourth-order valence-corrected chi connectivity index (χ4v) is 6.08. The van der Waals surface area contributed by atoms with Crippen LogP contribution in [0.5, 0.6) is 11.5 Å². The Hall–Kier alpha value is -5.62. The maximum Gasteiger partial charge on any atom is 0.256 e. The van der Waals surface area contributed by atoms with Crippen molar-refractivity contribution in [3.8, 4) is 11.5 Å². The van der Waals surface area contributed by atoms with Crippen LogP contribution < -0.4 is 14.8 Å². The highest BCUT2D eigenvalue weighted by Gasteiger charge is 2.47. The lowest BCUT2D eigenvalue weighted by atomic mass is 9.79. The summed E-state index contributed by atoms with van der Waals surface area (Å²) in [6.45, 7) is 0.0785. The highest BCUT2D eigenvalue weighted by atomic mass is 16.6. The Balaban J connectivity index is 1.24. The zero-order valence-corrected chi connectivity index (χ0v) is 26.3. The molecule has 1 fully saturated rings. The summed E-state index contributed by atoms with van der Waals surface area (Å²) in [5.74, 6) is 1.32. The van der Waals surface area contributed by atoms with Gasteiger partial charge in [0.15, 0.2) is 23.2 Å². The van der Waals surface area contributed by atoms with E-state index in [1.807, 2.05) is 84.9 Å². The van der Waals surface area contributed by atoms with Crippen LogP contribution in [0.25, 0.3) is 11.2 Å². The second kappa shape index (κ2) is 13.2. The first-order valence-electron chi connectivity index (χ1n) is 15.4. The number of imidazole rings is 1. The summed E-state index contributed by atoms with van der Waals surface area (Å²) in [6.07, 6.45) is 0.0677. The van der Waals surface area contributed by atoms with Crippen LogP contribution in [0, 0.1) is 0 Å². The summed E-state index contributed by atoms with van der Waals surface area (Å²) in [5, 5.41) is 14.7. The third kappa shape index (κ3) is 5.64. The van der Waals surface area contributed by atoms with E-state index in [2.05, 4.69) is 20.3 Å². The summed E-state index contributed by atoms with van der Waals surface area (Å²) < 4.78 is 25.9. The van der Waals surface area contributed by atoms with Crippen LogP contribution in [0.2, 0.25) is 0 Å². The number of hydrogen-bond donors (Lipinski definition) is 2. The molecule has 48 heavy (non-hydrogen) atoms. The fraction of sp³-hybridized carbons (Fsp3) is 0.189. The number of benzene rings is 4. The molecule has 0 radical (unpaired) electrons. The molecule has 242 valence electrons. The van der Waals surface area contributed by atoms with E-state index in [0.29, 0.717) is 28.2 Å². The van der Waals surface area contributed by atoms with Gasteiger partial charge in [0.25, 0.3) is 5.91 Å². The molecular formula is C37H33N5O6. The molecule has 3 heterocycles. The van der Waals surface area contributed by atoms with Gasteiger partial charge in [0.05, 0.1) is 27.2 Å². The Labute approximate surface area is 276 Å². The SMILES string of the molecule is COc1ccc(C(O[C@H]2CO[C@@H](n3cnc4c(NC(=O)c5ccccc5)ncnc43)[C@@H]2O)(c2ccccc2)c2ccc(OC)cc2)cc1. The molecule has 7 rings (SSSR count). The Morgan fingerprint density at radius 1 is 0.812 bits per heavy atom. The first-order valence-corrected chi connectivity index (χ1v) is 15.4. The van der Waals surface area contributed by atoms with Crippen LogP contribution >= 0.6 is 0 Å². The van der Waals surface area contributed by atoms with Crippen molar-refractivity contribution in [1.82, 2.24) is 19.5 Å². The largest absolute Gasteiger partial charge is 0.497 e. The number of anilines is 1. The van der Waals surface area contributed by atoms with Gasteiger partial charge < -0.3 is 29.4 Å². The van der Waals surface area contributed by atoms with Gasteiger partial charge in [-0.25, -0.2) is 15.0 Å². The van der Waals surface area contributed by atoms with E-state index in [1.165, 1.54) is 12.7 Å². The molecule has 0 spiro atoms. The number of aromatic nitrogens is 4. The molecule has 6 aromatic rings. The molecule has 0 aliphatic carbocycles. The molecule has 3 atom stereocenters. The Kier molecular flexibility index (Phi) is 8.55. The Bertz CT molecular complexity index is 1960. The van der Waals surface area contributed by atoms with E-state index in [1.54, 1.807) is 43.1 Å². The molecule has 1 saturated heterocycles. The number of methoxy groups -OCH3 is 2. The van der Waals surface area contributed by atoms with Crippen molar-refractivity contribution in [1.29, 1.82) is 0 Å². The lowest BCUT2D eigenvalue weighted by Gasteiger charge is -2.38. The second-order valence-electron chi connectivity index (χ2n) is 11.2. The van der Waals surface area contributed by atoms with Crippen molar-refractivity contribution in [2.45, 2.75) is 24.0 Å². The van der Waals surface area contributed by atoms with Crippen molar-refractivity contribution in [3.63, 3.8) is 0 Å². The highest BCUT2D eigenvalue weighted by Crippen LogP contribution is 2.44. The molecule has 1 aliphatic heterocycles. The van der Waals surface area contributed by atoms with E-state index in [4.69, 9.17) is 18.9 Å². The predicted molar refractivity (Wildman–Crippen MR) is 178 cm³/mol. The maximum absolute atomic E-state index is 12.9. The monoisotopic (exact) mass is 643 g/mol. The highest BCUT2D eigenvalue weighted by molar-refractivity contribution is 6.06. The van der Waals surface area contributed by atoms with E-state index < -0.39 is 24.0 Å². The number of fused-ring (bicyclic) bond motifs is 1. The minimum absolute atomic E-state index is 0.0785.